The largest absolute Gasteiger partial charge is 0.366 e. The highest BCUT2D eigenvalue weighted by molar-refractivity contribution is 7.00. The fraction of sp³-hybridized carbons (Fsp3) is 0.308. The van der Waals surface area contributed by atoms with E-state index >= 15 is 0 Å². The van der Waals surface area contributed by atoms with Crippen LogP contribution in [0.25, 0.3) is 11.0 Å². The van der Waals surface area contributed by atoms with Gasteiger partial charge in [-0.1, -0.05) is 12.6 Å². The molecule has 0 N–H and O–H groups in total. The summed E-state index contributed by atoms with van der Waals surface area (Å²) in [6.07, 6.45) is 1.38. The second kappa shape index (κ2) is 4.97. The van der Waals surface area contributed by atoms with E-state index in [-0.39, 0.29) is 5.91 Å². The Bertz CT molecular complexity index is 616. The molecule has 0 radical (unpaired) electrons. The molecule has 0 bridgehead atoms. The summed E-state index contributed by atoms with van der Waals surface area (Å²) in [5.41, 5.74) is 3.00. The molecule has 0 aliphatic carbocycles. The van der Waals surface area contributed by atoms with Crippen LogP contribution < -0.4 is 4.90 Å². The molecular formula is C13H14N4OS. The number of anilines is 1. The average Bonchev–Trinajstić information content (AvgIpc) is 2.95. The second-order valence-corrected chi connectivity index (χ2v) is 4.95. The molecule has 5 nitrogen and oxygen atoms in total. The smallest absolute Gasteiger partial charge is 0.246 e. The van der Waals surface area contributed by atoms with Crippen LogP contribution in [0.5, 0.6) is 0 Å². The van der Waals surface area contributed by atoms with Crippen LogP contribution in [-0.2, 0) is 4.79 Å². The Morgan fingerprint density at radius 1 is 1.26 bits per heavy atom. The molecule has 98 valence electrons. The minimum Gasteiger partial charge on any atom is -0.366 e. The van der Waals surface area contributed by atoms with Crippen molar-refractivity contribution in [3.63, 3.8) is 0 Å². The highest BCUT2D eigenvalue weighted by atomic mass is 32.1. The van der Waals surface area contributed by atoms with Gasteiger partial charge >= 0.3 is 0 Å². The number of carbonyl (C=O) groups excluding carboxylic acids is 1. The fourth-order valence-electron chi connectivity index (χ4n) is 2.34. The standard InChI is InChI=1S/C13H14N4OS/c1-2-12(18)17-8-6-16(7-9-17)11-5-3-4-10-13(11)15-19-14-10/h2-5H,1,6-9H2. The molecule has 1 amide bonds. The lowest BCUT2D eigenvalue weighted by atomic mass is 10.2. The maximum Gasteiger partial charge on any atom is 0.246 e. The Balaban J connectivity index is 1.80. The first-order valence-corrected chi connectivity index (χ1v) is 6.90. The van der Waals surface area contributed by atoms with Crippen LogP contribution in [0.15, 0.2) is 30.9 Å². The molecule has 1 aliphatic rings. The van der Waals surface area contributed by atoms with Crippen LogP contribution in [0.2, 0.25) is 0 Å². The van der Waals surface area contributed by atoms with Crippen molar-refractivity contribution in [1.82, 2.24) is 13.6 Å². The van der Waals surface area contributed by atoms with E-state index in [1.807, 2.05) is 17.0 Å². The van der Waals surface area contributed by atoms with E-state index in [4.69, 9.17) is 0 Å². The van der Waals surface area contributed by atoms with Gasteiger partial charge in [0.2, 0.25) is 5.91 Å². The first-order chi connectivity index (χ1) is 9.29. The third-order valence-corrected chi connectivity index (χ3v) is 3.91. The van der Waals surface area contributed by atoms with Crippen molar-refractivity contribution in [3.8, 4) is 0 Å². The zero-order chi connectivity index (χ0) is 13.2. The third-order valence-electron chi connectivity index (χ3n) is 3.37. The molecule has 3 rings (SSSR count). The van der Waals surface area contributed by atoms with Gasteiger partial charge in [0.05, 0.1) is 17.4 Å². The third kappa shape index (κ3) is 2.19. The molecule has 0 spiro atoms. The number of hydrogen-bond donors (Lipinski definition) is 0. The maximum atomic E-state index is 11.5. The number of benzene rings is 1. The first-order valence-electron chi connectivity index (χ1n) is 6.17. The number of rotatable bonds is 2. The van der Waals surface area contributed by atoms with Gasteiger partial charge in [-0.2, -0.15) is 8.75 Å². The molecule has 1 aromatic carbocycles. The molecule has 0 saturated carbocycles. The zero-order valence-electron chi connectivity index (χ0n) is 10.5. The van der Waals surface area contributed by atoms with Gasteiger partial charge in [-0.05, 0) is 18.2 Å². The average molecular weight is 274 g/mol. The van der Waals surface area contributed by atoms with Gasteiger partial charge in [-0.25, -0.2) is 0 Å². The van der Waals surface area contributed by atoms with Gasteiger partial charge in [0.15, 0.2) is 0 Å². The van der Waals surface area contributed by atoms with E-state index in [0.29, 0.717) is 0 Å². The molecule has 1 saturated heterocycles. The fourth-order valence-corrected chi connectivity index (χ4v) is 2.89. The molecule has 1 fully saturated rings. The van der Waals surface area contributed by atoms with Crippen LogP contribution >= 0.6 is 11.7 Å². The summed E-state index contributed by atoms with van der Waals surface area (Å²) < 4.78 is 8.61. The molecule has 19 heavy (non-hydrogen) atoms. The minimum absolute atomic E-state index is 0.00758. The topological polar surface area (TPSA) is 49.3 Å². The number of fused-ring (bicyclic) bond motifs is 1. The zero-order valence-corrected chi connectivity index (χ0v) is 11.3. The number of nitrogens with zero attached hydrogens (tertiary/aromatic N) is 4. The van der Waals surface area contributed by atoms with Crippen LogP contribution in [0.3, 0.4) is 0 Å². The van der Waals surface area contributed by atoms with Gasteiger partial charge in [0.1, 0.15) is 11.0 Å². The predicted octanol–water partition coefficient (Wildman–Crippen LogP) is 1.53. The molecule has 2 heterocycles. The number of piperazine rings is 1. The Kier molecular flexibility index (Phi) is 3.16. The monoisotopic (exact) mass is 274 g/mol. The number of carbonyl (C=O) groups is 1. The van der Waals surface area contributed by atoms with Gasteiger partial charge in [-0.15, -0.1) is 0 Å². The van der Waals surface area contributed by atoms with Gasteiger partial charge in [-0.3, -0.25) is 4.79 Å². The number of aromatic nitrogens is 2. The van der Waals surface area contributed by atoms with Crippen molar-refractivity contribution in [1.29, 1.82) is 0 Å². The molecule has 1 aliphatic heterocycles. The molecule has 1 aromatic heterocycles. The van der Waals surface area contributed by atoms with E-state index in [9.17, 15) is 4.79 Å². The van der Waals surface area contributed by atoms with Crippen molar-refractivity contribution >= 4 is 34.4 Å². The van der Waals surface area contributed by atoms with E-state index in [0.717, 1.165) is 42.9 Å². The SMILES string of the molecule is C=CC(=O)N1CCN(c2cccc3nsnc23)CC1. The summed E-state index contributed by atoms with van der Waals surface area (Å²) in [6.45, 7) is 6.60. The van der Waals surface area contributed by atoms with Crippen molar-refractivity contribution in [2.75, 3.05) is 31.1 Å². The molecule has 0 atom stereocenters. The van der Waals surface area contributed by atoms with Crippen LogP contribution in [-0.4, -0.2) is 45.7 Å². The van der Waals surface area contributed by atoms with Gasteiger partial charge in [0, 0.05) is 26.2 Å². The normalized spacial score (nSPS) is 15.8. The maximum absolute atomic E-state index is 11.5. The van der Waals surface area contributed by atoms with Crippen molar-refractivity contribution in [2.24, 2.45) is 0 Å². The lowest BCUT2D eigenvalue weighted by Gasteiger charge is -2.35. The van der Waals surface area contributed by atoms with Crippen molar-refractivity contribution < 1.29 is 4.79 Å². The Morgan fingerprint density at radius 2 is 2.05 bits per heavy atom. The van der Waals surface area contributed by atoms with Crippen LogP contribution in [0, 0.1) is 0 Å². The summed E-state index contributed by atoms with van der Waals surface area (Å²) in [5, 5.41) is 0. The molecule has 2 aromatic rings. The molecular weight excluding hydrogens is 260 g/mol. The molecule has 0 unspecified atom stereocenters. The van der Waals surface area contributed by atoms with E-state index in [1.54, 1.807) is 0 Å². The highest BCUT2D eigenvalue weighted by Crippen LogP contribution is 2.25. The Labute approximate surface area is 115 Å². The van der Waals surface area contributed by atoms with Crippen LogP contribution in [0.4, 0.5) is 5.69 Å². The van der Waals surface area contributed by atoms with Crippen LogP contribution in [0.1, 0.15) is 0 Å². The number of hydrogen-bond acceptors (Lipinski definition) is 5. The van der Waals surface area contributed by atoms with Gasteiger partial charge in [0.25, 0.3) is 0 Å². The molecule has 6 heteroatoms. The van der Waals surface area contributed by atoms with Gasteiger partial charge < -0.3 is 9.80 Å². The van der Waals surface area contributed by atoms with Crippen molar-refractivity contribution in [3.05, 3.63) is 30.9 Å². The predicted molar refractivity (Wildman–Crippen MR) is 76.4 cm³/mol. The lowest BCUT2D eigenvalue weighted by Crippen LogP contribution is -2.48. The van der Waals surface area contributed by atoms with Crippen molar-refractivity contribution in [2.45, 2.75) is 0 Å². The summed E-state index contributed by atoms with van der Waals surface area (Å²) in [4.78, 5) is 15.6. The highest BCUT2D eigenvalue weighted by Gasteiger charge is 2.21. The lowest BCUT2D eigenvalue weighted by molar-refractivity contribution is -0.126. The Hall–Kier alpha value is -1.95. The second-order valence-electron chi connectivity index (χ2n) is 4.43. The van der Waals surface area contributed by atoms with E-state index in [2.05, 4.69) is 26.3 Å². The van der Waals surface area contributed by atoms with E-state index < -0.39 is 0 Å². The summed E-state index contributed by atoms with van der Waals surface area (Å²) >= 11 is 1.24. The minimum atomic E-state index is 0.00758. The first kappa shape index (κ1) is 12.1. The quantitative estimate of drug-likeness (QED) is 0.779. The Morgan fingerprint density at radius 3 is 2.79 bits per heavy atom. The summed E-state index contributed by atoms with van der Waals surface area (Å²) in [5.74, 6) is 0.00758. The van der Waals surface area contributed by atoms with E-state index in [1.165, 1.54) is 17.8 Å². The number of amides is 1. The summed E-state index contributed by atoms with van der Waals surface area (Å²) in [6, 6.07) is 6.04. The summed E-state index contributed by atoms with van der Waals surface area (Å²) in [7, 11) is 0.